The maximum atomic E-state index is 13.6. The van der Waals surface area contributed by atoms with Gasteiger partial charge in [-0.2, -0.15) is 0 Å². The summed E-state index contributed by atoms with van der Waals surface area (Å²) in [5, 5.41) is 1.95. The van der Waals surface area contributed by atoms with Crippen LogP contribution in [0.1, 0.15) is 16.7 Å². The van der Waals surface area contributed by atoms with Gasteiger partial charge >= 0.3 is 5.97 Å². The number of aromatic nitrogens is 1. The second kappa shape index (κ2) is 5.79. The van der Waals surface area contributed by atoms with Crippen LogP contribution < -0.4 is 4.74 Å². The second-order valence-corrected chi connectivity index (χ2v) is 4.47. The normalized spacial score (nSPS) is 10.3. The molecule has 0 N–H and O–H groups in total. The fourth-order valence-electron chi connectivity index (χ4n) is 1.52. The molecule has 0 radical (unpaired) electrons. The van der Waals surface area contributed by atoms with Gasteiger partial charge in [-0.25, -0.2) is 14.2 Å². The summed E-state index contributed by atoms with van der Waals surface area (Å²) in [6.07, 6.45) is 0. The molecule has 6 heteroatoms. The highest BCUT2D eigenvalue weighted by Crippen LogP contribution is 2.26. The predicted octanol–water partition coefficient (Wildman–Crippen LogP) is 3.13. The van der Waals surface area contributed by atoms with E-state index in [0.717, 1.165) is 0 Å². The second-order valence-electron chi connectivity index (χ2n) is 3.61. The van der Waals surface area contributed by atoms with Crippen molar-refractivity contribution in [1.29, 1.82) is 0 Å². The van der Waals surface area contributed by atoms with Crippen LogP contribution in [0.25, 0.3) is 11.3 Å². The Morgan fingerprint density at radius 2 is 2.26 bits per heavy atom. The Labute approximate surface area is 113 Å². The molecule has 2 rings (SSSR count). The molecule has 1 aromatic heterocycles. The Bertz CT molecular complexity index is 597. The molecule has 100 valence electrons. The molecular weight excluding hydrogens is 269 g/mol. The summed E-state index contributed by atoms with van der Waals surface area (Å²) in [7, 11) is 1.40. The summed E-state index contributed by atoms with van der Waals surface area (Å²) in [6, 6.07) is 4.53. The van der Waals surface area contributed by atoms with Crippen molar-refractivity contribution in [2.75, 3.05) is 13.7 Å². The highest BCUT2D eigenvalue weighted by Gasteiger charge is 2.14. The summed E-state index contributed by atoms with van der Waals surface area (Å²) >= 11 is 1.17. The molecule has 0 aliphatic carbocycles. The van der Waals surface area contributed by atoms with Gasteiger partial charge in [-0.05, 0) is 25.1 Å². The maximum Gasteiger partial charge on any atom is 0.367 e. The lowest BCUT2D eigenvalue weighted by atomic mass is 10.1. The highest BCUT2D eigenvalue weighted by atomic mass is 32.1. The van der Waals surface area contributed by atoms with E-state index in [1.807, 2.05) is 0 Å². The molecule has 0 aliphatic heterocycles. The SMILES string of the molecule is CCOC(=O)c1nc(-c2ccc(OC)c(F)c2)cs1. The van der Waals surface area contributed by atoms with Gasteiger partial charge in [-0.3, -0.25) is 0 Å². The van der Waals surface area contributed by atoms with Gasteiger partial charge in [-0.15, -0.1) is 11.3 Å². The summed E-state index contributed by atoms with van der Waals surface area (Å²) in [5.41, 5.74) is 1.12. The Kier molecular flexibility index (Phi) is 4.11. The van der Waals surface area contributed by atoms with E-state index < -0.39 is 11.8 Å². The highest BCUT2D eigenvalue weighted by molar-refractivity contribution is 7.11. The smallest absolute Gasteiger partial charge is 0.367 e. The number of nitrogens with zero attached hydrogens (tertiary/aromatic N) is 1. The summed E-state index contributed by atoms with van der Waals surface area (Å²) in [5.74, 6) is -0.761. The zero-order valence-electron chi connectivity index (χ0n) is 10.5. The minimum atomic E-state index is -0.467. The fourth-order valence-corrected chi connectivity index (χ4v) is 2.24. The van der Waals surface area contributed by atoms with Crippen molar-refractivity contribution in [1.82, 2.24) is 4.98 Å². The molecule has 0 fully saturated rings. The van der Waals surface area contributed by atoms with Crippen LogP contribution in [0.3, 0.4) is 0 Å². The van der Waals surface area contributed by atoms with Gasteiger partial charge in [0, 0.05) is 10.9 Å². The van der Waals surface area contributed by atoms with Crippen molar-refractivity contribution >= 4 is 17.3 Å². The fraction of sp³-hybridized carbons (Fsp3) is 0.231. The molecule has 0 saturated heterocycles. The van der Waals surface area contributed by atoms with Crippen LogP contribution in [0.4, 0.5) is 4.39 Å². The van der Waals surface area contributed by atoms with Gasteiger partial charge in [0.05, 0.1) is 19.4 Å². The predicted molar refractivity (Wildman–Crippen MR) is 70.0 cm³/mol. The average molecular weight is 281 g/mol. The van der Waals surface area contributed by atoms with E-state index in [1.54, 1.807) is 18.4 Å². The van der Waals surface area contributed by atoms with Crippen molar-refractivity contribution in [2.45, 2.75) is 6.92 Å². The van der Waals surface area contributed by atoms with Gasteiger partial charge < -0.3 is 9.47 Å². The number of ether oxygens (including phenoxy) is 2. The first-order chi connectivity index (χ1) is 9.15. The van der Waals surface area contributed by atoms with Crippen molar-refractivity contribution in [3.8, 4) is 17.0 Å². The number of hydrogen-bond acceptors (Lipinski definition) is 5. The maximum absolute atomic E-state index is 13.6. The molecule has 1 aromatic carbocycles. The van der Waals surface area contributed by atoms with Gasteiger partial charge in [-0.1, -0.05) is 0 Å². The number of carbonyl (C=O) groups is 1. The minimum Gasteiger partial charge on any atom is -0.494 e. The summed E-state index contributed by atoms with van der Waals surface area (Å²) in [4.78, 5) is 15.6. The Morgan fingerprint density at radius 1 is 1.47 bits per heavy atom. The van der Waals surface area contributed by atoms with E-state index in [2.05, 4.69) is 4.98 Å². The van der Waals surface area contributed by atoms with E-state index in [1.165, 1.54) is 30.6 Å². The number of rotatable bonds is 4. The lowest BCUT2D eigenvalue weighted by molar-refractivity contribution is 0.0526. The number of benzene rings is 1. The van der Waals surface area contributed by atoms with Gasteiger partial charge in [0.25, 0.3) is 0 Å². The van der Waals surface area contributed by atoms with Crippen LogP contribution in [0.15, 0.2) is 23.6 Å². The van der Waals surface area contributed by atoms with E-state index in [0.29, 0.717) is 17.9 Å². The molecule has 0 saturated carbocycles. The largest absolute Gasteiger partial charge is 0.494 e. The van der Waals surface area contributed by atoms with Crippen molar-refractivity contribution in [2.24, 2.45) is 0 Å². The first-order valence-electron chi connectivity index (χ1n) is 5.62. The lowest BCUT2D eigenvalue weighted by Gasteiger charge is -2.03. The van der Waals surface area contributed by atoms with Gasteiger partial charge in [0.15, 0.2) is 11.6 Å². The van der Waals surface area contributed by atoms with Crippen molar-refractivity contribution in [3.63, 3.8) is 0 Å². The number of halogens is 1. The molecule has 0 bridgehead atoms. The number of thiazole rings is 1. The Balaban J connectivity index is 2.27. The molecule has 4 nitrogen and oxygen atoms in total. The van der Waals surface area contributed by atoms with Crippen LogP contribution in [0.5, 0.6) is 5.75 Å². The van der Waals surface area contributed by atoms with Crippen molar-refractivity contribution in [3.05, 3.63) is 34.4 Å². The van der Waals surface area contributed by atoms with Crippen LogP contribution in [-0.2, 0) is 4.74 Å². The summed E-state index contributed by atoms with van der Waals surface area (Å²) in [6.45, 7) is 2.02. The van der Waals surface area contributed by atoms with E-state index >= 15 is 0 Å². The number of methoxy groups -OCH3 is 1. The Hall–Kier alpha value is -1.95. The molecular formula is C13H12FNO3S. The third-order valence-electron chi connectivity index (χ3n) is 2.40. The van der Waals surface area contributed by atoms with Crippen LogP contribution >= 0.6 is 11.3 Å². The van der Waals surface area contributed by atoms with Crippen LogP contribution in [0, 0.1) is 5.82 Å². The molecule has 0 spiro atoms. The first-order valence-corrected chi connectivity index (χ1v) is 6.50. The molecule has 0 aliphatic rings. The van der Waals surface area contributed by atoms with Gasteiger partial charge in [0.2, 0.25) is 5.01 Å². The summed E-state index contributed by atoms with van der Waals surface area (Å²) < 4.78 is 23.3. The van der Waals surface area contributed by atoms with E-state index in [-0.39, 0.29) is 10.8 Å². The molecule has 0 atom stereocenters. The van der Waals surface area contributed by atoms with Gasteiger partial charge in [0.1, 0.15) is 0 Å². The number of esters is 1. The number of hydrogen-bond donors (Lipinski definition) is 0. The molecule has 0 unspecified atom stereocenters. The number of carbonyl (C=O) groups excluding carboxylic acids is 1. The lowest BCUT2D eigenvalue weighted by Crippen LogP contribution is -2.03. The van der Waals surface area contributed by atoms with E-state index in [9.17, 15) is 9.18 Å². The molecule has 0 amide bonds. The molecule has 19 heavy (non-hydrogen) atoms. The standard InChI is InChI=1S/C13H12FNO3S/c1-3-18-13(16)12-15-10(7-19-12)8-4-5-11(17-2)9(14)6-8/h4-7H,3H2,1-2H3. The van der Waals surface area contributed by atoms with Crippen molar-refractivity contribution < 1.29 is 18.7 Å². The average Bonchev–Trinajstić information content (AvgIpc) is 2.88. The van der Waals surface area contributed by atoms with Crippen LogP contribution in [-0.4, -0.2) is 24.7 Å². The monoisotopic (exact) mass is 281 g/mol. The molecule has 2 aromatic rings. The third kappa shape index (κ3) is 2.90. The third-order valence-corrected chi connectivity index (χ3v) is 3.22. The van der Waals surface area contributed by atoms with Crippen LogP contribution in [0.2, 0.25) is 0 Å². The zero-order chi connectivity index (χ0) is 13.8. The van der Waals surface area contributed by atoms with E-state index in [4.69, 9.17) is 9.47 Å². The minimum absolute atomic E-state index is 0.171. The molecule has 1 heterocycles. The zero-order valence-corrected chi connectivity index (χ0v) is 11.3. The quantitative estimate of drug-likeness (QED) is 0.808. The first kappa shape index (κ1) is 13.5. The Morgan fingerprint density at radius 3 is 2.89 bits per heavy atom. The topological polar surface area (TPSA) is 48.4 Å².